The maximum absolute atomic E-state index is 12.3. The van der Waals surface area contributed by atoms with Gasteiger partial charge in [0, 0.05) is 5.56 Å². The molecule has 0 aliphatic rings. The van der Waals surface area contributed by atoms with E-state index in [0.29, 0.717) is 24.0 Å². The molecule has 0 saturated carbocycles. The third-order valence-electron chi connectivity index (χ3n) is 3.27. The van der Waals surface area contributed by atoms with Crippen molar-refractivity contribution in [3.63, 3.8) is 0 Å². The lowest BCUT2D eigenvalue weighted by molar-refractivity contribution is -0.140. The number of carboxylic acids is 1. The van der Waals surface area contributed by atoms with Gasteiger partial charge in [-0.05, 0) is 24.0 Å². The van der Waals surface area contributed by atoms with Crippen molar-refractivity contribution in [2.24, 2.45) is 11.8 Å². The fourth-order valence-corrected chi connectivity index (χ4v) is 2.24. The number of hydrogen-bond donors (Lipinski definition) is 2. The van der Waals surface area contributed by atoms with Crippen LogP contribution in [0.25, 0.3) is 0 Å². The SMILES string of the molecule is COc1cc(C(=O)N[C@H](C(=O)O)C(C)C)cc(Cl)c1OCC(C)C. The molecule has 0 fully saturated rings. The van der Waals surface area contributed by atoms with Crippen molar-refractivity contribution in [3.8, 4) is 11.5 Å². The number of hydrogen-bond acceptors (Lipinski definition) is 4. The maximum atomic E-state index is 12.3. The Morgan fingerprint density at radius 3 is 2.33 bits per heavy atom. The quantitative estimate of drug-likeness (QED) is 0.746. The first-order valence-electron chi connectivity index (χ1n) is 7.71. The van der Waals surface area contributed by atoms with Gasteiger partial charge >= 0.3 is 5.97 Å². The molecule has 0 unspecified atom stereocenters. The molecule has 0 spiro atoms. The van der Waals surface area contributed by atoms with Gasteiger partial charge in [0.25, 0.3) is 5.91 Å². The van der Waals surface area contributed by atoms with Crippen LogP contribution < -0.4 is 14.8 Å². The number of carbonyl (C=O) groups excluding carboxylic acids is 1. The molecule has 134 valence electrons. The second kappa shape index (κ2) is 8.78. The van der Waals surface area contributed by atoms with E-state index >= 15 is 0 Å². The predicted octanol–water partition coefficient (Wildman–Crippen LogP) is 3.22. The van der Waals surface area contributed by atoms with Gasteiger partial charge in [-0.15, -0.1) is 0 Å². The summed E-state index contributed by atoms with van der Waals surface area (Å²) in [6.45, 7) is 7.89. The number of ether oxygens (including phenoxy) is 2. The zero-order valence-electron chi connectivity index (χ0n) is 14.6. The van der Waals surface area contributed by atoms with E-state index in [2.05, 4.69) is 5.32 Å². The second-order valence-electron chi connectivity index (χ2n) is 6.23. The number of nitrogens with one attached hydrogen (secondary N) is 1. The van der Waals surface area contributed by atoms with E-state index in [0.717, 1.165) is 0 Å². The molecule has 1 aromatic carbocycles. The summed E-state index contributed by atoms with van der Waals surface area (Å²) >= 11 is 6.20. The number of halogens is 1. The third kappa shape index (κ3) is 5.30. The smallest absolute Gasteiger partial charge is 0.326 e. The zero-order chi connectivity index (χ0) is 18.4. The van der Waals surface area contributed by atoms with Crippen LogP contribution in [0.4, 0.5) is 0 Å². The molecule has 6 nitrogen and oxygen atoms in total. The van der Waals surface area contributed by atoms with E-state index in [9.17, 15) is 14.7 Å². The third-order valence-corrected chi connectivity index (χ3v) is 3.55. The van der Waals surface area contributed by atoms with Gasteiger partial charge in [0.2, 0.25) is 0 Å². The molecular weight excluding hydrogens is 334 g/mol. The molecule has 0 aliphatic heterocycles. The highest BCUT2D eigenvalue weighted by Crippen LogP contribution is 2.36. The van der Waals surface area contributed by atoms with Crippen molar-refractivity contribution in [1.82, 2.24) is 5.32 Å². The number of rotatable bonds is 8. The Balaban J connectivity index is 3.06. The highest BCUT2D eigenvalue weighted by Gasteiger charge is 2.25. The normalized spacial score (nSPS) is 12.2. The van der Waals surface area contributed by atoms with Crippen LogP contribution in [0.1, 0.15) is 38.1 Å². The number of benzene rings is 1. The lowest BCUT2D eigenvalue weighted by atomic mass is 10.0. The molecule has 7 heteroatoms. The summed E-state index contributed by atoms with van der Waals surface area (Å²) in [7, 11) is 1.45. The number of aliphatic carboxylic acids is 1. The molecule has 1 amide bonds. The van der Waals surface area contributed by atoms with Crippen LogP contribution >= 0.6 is 11.6 Å². The summed E-state index contributed by atoms with van der Waals surface area (Å²) in [4.78, 5) is 23.5. The predicted molar refractivity (Wildman–Crippen MR) is 92.1 cm³/mol. The first-order chi connectivity index (χ1) is 11.2. The first kappa shape index (κ1) is 20.1. The van der Waals surface area contributed by atoms with E-state index in [1.807, 2.05) is 13.8 Å². The van der Waals surface area contributed by atoms with E-state index in [1.165, 1.54) is 19.2 Å². The Hall–Kier alpha value is -1.95. The minimum atomic E-state index is -1.09. The number of methoxy groups -OCH3 is 1. The first-order valence-corrected chi connectivity index (χ1v) is 8.09. The molecular formula is C17H24ClNO5. The van der Waals surface area contributed by atoms with Gasteiger partial charge in [-0.25, -0.2) is 4.79 Å². The van der Waals surface area contributed by atoms with Gasteiger partial charge in [-0.2, -0.15) is 0 Å². The van der Waals surface area contributed by atoms with Crippen molar-refractivity contribution in [2.75, 3.05) is 13.7 Å². The minimum Gasteiger partial charge on any atom is -0.493 e. The molecule has 1 atom stereocenters. The molecule has 2 N–H and O–H groups in total. The van der Waals surface area contributed by atoms with Gasteiger partial charge < -0.3 is 19.9 Å². The molecule has 0 aromatic heterocycles. The lowest BCUT2D eigenvalue weighted by Crippen LogP contribution is -2.44. The van der Waals surface area contributed by atoms with Crippen LogP contribution in [0, 0.1) is 11.8 Å². The van der Waals surface area contributed by atoms with Crippen molar-refractivity contribution in [3.05, 3.63) is 22.7 Å². The Morgan fingerprint density at radius 1 is 1.25 bits per heavy atom. The van der Waals surface area contributed by atoms with E-state index in [1.54, 1.807) is 13.8 Å². The largest absolute Gasteiger partial charge is 0.493 e. The second-order valence-corrected chi connectivity index (χ2v) is 6.63. The highest BCUT2D eigenvalue weighted by molar-refractivity contribution is 6.32. The van der Waals surface area contributed by atoms with Gasteiger partial charge in [-0.3, -0.25) is 4.79 Å². The molecule has 0 radical (unpaired) electrons. The van der Waals surface area contributed by atoms with Crippen LogP contribution in [0.5, 0.6) is 11.5 Å². The van der Waals surface area contributed by atoms with Crippen LogP contribution in [0.3, 0.4) is 0 Å². The molecule has 0 aliphatic carbocycles. The van der Waals surface area contributed by atoms with Crippen molar-refractivity contribution in [2.45, 2.75) is 33.7 Å². The molecule has 1 aromatic rings. The summed E-state index contributed by atoms with van der Waals surface area (Å²) in [6.07, 6.45) is 0. The Morgan fingerprint density at radius 2 is 1.88 bits per heavy atom. The highest BCUT2D eigenvalue weighted by atomic mass is 35.5. The Labute approximate surface area is 147 Å². The van der Waals surface area contributed by atoms with Crippen molar-refractivity contribution in [1.29, 1.82) is 0 Å². The van der Waals surface area contributed by atoms with Gasteiger partial charge in [-0.1, -0.05) is 39.3 Å². The fraction of sp³-hybridized carbons (Fsp3) is 0.529. The molecule has 0 heterocycles. The van der Waals surface area contributed by atoms with Crippen LogP contribution in [-0.2, 0) is 4.79 Å². The number of amides is 1. The number of carbonyl (C=O) groups is 2. The van der Waals surface area contributed by atoms with E-state index in [-0.39, 0.29) is 16.5 Å². The molecule has 0 saturated heterocycles. The average molecular weight is 358 g/mol. The Kier molecular flexibility index (Phi) is 7.35. The monoisotopic (exact) mass is 357 g/mol. The van der Waals surface area contributed by atoms with Gasteiger partial charge in [0.15, 0.2) is 11.5 Å². The van der Waals surface area contributed by atoms with Crippen molar-refractivity contribution >= 4 is 23.5 Å². The van der Waals surface area contributed by atoms with Crippen LogP contribution in [-0.4, -0.2) is 36.7 Å². The van der Waals surface area contributed by atoms with Crippen molar-refractivity contribution < 1.29 is 24.2 Å². The van der Waals surface area contributed by atoms with E-state index in [4.69, 9.17) is 21.1 Å². The van der Waals surface area contributed by atoms with Crippen LogP contribution in [0.2, 0.25) is 5.02 Å². The number of carboxylic acid groups (broad SMARTS) is 1. The lowest BCUT2D eigenvalue weighted by Gasteiger charge is -2.19. The summed E-state index contributed by atoms with van der Waals surface area (Å²) in [5.74, 6) is -0.888. The summed E-state index contributed by atoms with van der Waals surface area (Å²) in [5.41, 5.74) is 0.209. The summed E-state index contributed by atoms with van der Waals surface area (Å²) < 4.78 is 10.9. The van der Waals surface area contributed by atoms with E-state index < -0.39 is 17.9 Å². The van der Waals surface area contributed by atoms with Gasteiger partial charge in [0.05, 0.1) is 18.7 Å². The fourth-order valence-electron chi connectivity index (χ4n) is 1.98. The minimum absolute atomic E-state index is 0.209. The molecule has 0 bridgehead atoms. The molecule has 1 rings (SSSR count). The maximum Gasteiger partial charge on any atom is 0.326 e. The Bertz CT molecular complexity index is 601. The zero-order valence-corrected chi connectivity index (χ0v) is 15.3. The topological polar surface area (TPSA) is 84.9 Å². The average Bonchev–Trinajstić information content (AvgIpc) is 2.49. The summed E-state index contributed by atoms with van der Waals surface area (Å²) in [5, 5.41) is 11.9. The van der Waals surface area contributed by atoms with Crippen LogP contribution in [0.15, 0.2) is 12.1 Å². The summed E-state index contributed by atoms with van der Waals surface area (Å²) in [6, 6.07) is 1.93. The molecule has 24 heavy (non-hydrogen) atoms. The standard InChI is InChI=1S/C17H24ClNO5/c1-9(2)8-24-15-12(18)6-11(7-13(15)23-5)16(20)19-14(10(3)4)17(21)22/h6-7,9-10,14H,8H2,1-5H3,(H,19,20)(H,21,22)/t14-/m0/s1. The van der Waals surface area contributed by atoms with Gasteiger partial charge in [0.1, 0.15) is 6.04 Å².